The van der Waals surface area contributed by atoms with Crippen molar-refractivity contribution in [3.8, 4) is 5.75 Å². The van der Waals surface area contributed by atoms with Crippen molar-refractivity contribution in [3.63, 3.8) is 0 Å². The molecule has 0 spiro atoms. The third-order valence-electron chi connectivity index (χ3n) is 4.22. The van der Waals surface area contributed by atoms with Crippen molar-refractivity contribution in [3.05, 3.63) is 59.9 Å². The van der Waals surface area contributed by atoms with Crippen LogP contribution < -0.4 is 4.74 Å². The van der Waals surface area contributed by atoms with Gasteiger partial charge in [-0.1, -0.05) is 26.0 Å². The summed E-state index contributed by atoms with van der Waals surface area (Å²) in [5, 5.41) is 11.3. The minimum Gasteiger partial charge on any atom is -0.497 e. The van der Waals surface area contributed by atoms with Crippen LogP contribution in [0, 0.1) is 0 Å². The number of ether oxygens (including phenoxy) is 1. The first-order valence-corrected chi connectivity index (χ1v) is 7.42. The second-order valence-electron chi connectivity index (χ2n) is 5.25. The first-order chi connectivity index (χ1) is 10.2. The molecule has 0 amide bonds. The Morgan fingerprint density at radius 3 is 2.19 bits per heavy atom. The van der Waals surface area contributed by atoms with Gasteiger partial charge in [-0.2, -0.15) is 0 Å². The van der Waals surface area contributed by atoms with Crippen LogP contribution in [0.25, 0.3) is 0 Å². The average molecular weight is 285 g/mol. The molecule has 0 saturated heterocycles. The third kappa shape index (κ3) is 3.08. The van der Waals surface area contributed by atoms with Crippen LogP contribution in [0.4, 0.5) is 0 Å². The van der Waals surface area contributed by atoms with Crippen LogP contribution in [0.3, 0.4) is 0 Å². The average Bonchev–Trinajstić information content (AvgIpc) is 2.56. The van der Waals surface area contributed by atoms with Crippen LogP contribution in [0.2, 0.25) is 0 Å². The Bertz CT molecular complexity index is 553. The lowest BCUT2D eigenvalue weighted by Crippen LogP contribution is -2.32. The largest absolute Gasteiger partial charge is 0.497 e. The van der Waals surface area contributed by atoms with Crippen molar-refractivity contribution in [2.24, 2.45) is 0 Å². The van der Waals surface area contributed by atoms with E-state index in [1.54, 1.807) is 19.5 Å². The quantitative estimate of drug-likeness (QED) is 0.875. The number of benzene rings is 1. The highest BCUT2D eigenvalue weighted by Crippen LogP contribution is 2.41. The molecular weight excluding hydrogens is 262 g/mol. The van der Waals surface area contributed by atoms with Gasteiger partial charge < -0.3 is 9.84 Å². The van der Waals surface area contributed by atoms with Crippen LogP contribution in [0.15, 0.2) is 48.8 Å². The molecule has 112 valence electrons. The molecule has 0 unspecified atom stereocenters. The lowest BCUT2D eigenvalue weighted by atomic mass is 9.74. The van der Waals surface area contributed by atoms with Crippen LogP contribution in [-0.2, 0) is 5.60 Å². The summed E-state index contributed by atoms with van der Waals surface area (Å²) in [5.74, 6) is 0.841. The van der Waals surface area contributed by atoms with E-state index in [0.29, 0.717) is 6.42 Å². The van der Waals surface area contributed by atoms with Gasteiger partial charge >= 0.3 is 0 Å². The highest BCUT2D eigenvalue weighted by molar-refractivity contribution is 5.34. The summed E-state index contributed by atoms with van der Waals surface area (Å²) in [7, 11) is 1.65. The Balaban J connectivity index is 2.42. The number of hydrogen-bond acceptors (Lipinski definition) is 3. The van der Waals surface area contributed by atoms with Crippen LogP contribution in [-0.4, -0.2) is 17.2 Å². The molecule has 0 fully saturated rings. The van der Waals surface area contributed by atoms with E-state index >= 15 is 0 Å². The van der Waals surface area contributed by atoms with Gasteiger partial charge in [0.1, 0.15) is 5.75 Å². The van der Waals surface area contributed by atoms with Gasteiger partial charge in [0.15, 0.2) is 0 Å². The Kier molecular flexibility index (Phi) is 4.97. The summed E-state index contributed by atoms with van der Waals surface area (Å²) in [4.78, 5) is 4.07. The summed E-state index contributed by atoms with van der Waals surface area (Å²) >= 11 is 0. The van der Waals surface area contributed by atoms with Crippen molar-refractivity contribution < 1.29 is 9.84 Å². The molecule has 3 heteroatoms. The summed E-state index contributed by atoms with van der Waals surface area (Å²) in [5.41, 5.74) is 1.16. The zero-order valence-electron chi connectivity index (χ0n) is 12.9. The van der Waals surface area contributed by atoms with Gasteiger partial charge in [-0.05, 0) is 48.2 Å². The van der Waals surface area contributed by atoms with Crippen molar-refractivity contribution in [2.45, 2.75) is 38.2 Å². The van der Waals surface area contributed by atoms with Gasteiger partial charge in [0.05, 0.1) is 12.7 Å². The number of aromatic nitrogens is 1. The molecule has 1 aromatic heterocycles. The molecule has 1 heterocycles. The lowest BCUT2D eigenvalue weighted by molar-refractivity contribution is 0.00142. The Labute approximate surface area is 126 Å². The molecule has 3 nitrogen and oxygen atoms in total. The molecule has 2 atom stereocenters. The molecule has 2 rings (SSSR count). The Morgan fingerprint density at radius 2 is 1.71 bits per heavy atom. The van der Waals surface area contributed by atoms with E-state index in [1.807, 2.05) is 43.3 Å². The van der Waals surface area contributed by atoms with Crippen LogP contribution in [0.5, 0.6) is 5.75 Å². The highest BCUT2D eigenvalue weighted by Gasteiger charge is 2.36. The van der Waals surface area contributed by atoms with Crippen molar-refractivity contribution in [1.82, 2.24) is 4.98 Å². The maximum atomic E-state index is 11.3. The molecule has 21 heavy (non-hydrogen) atoms. The first kappa shape index (κ1) is 15.5. The minimum atomic E-state index is -0.887. The zero-order chi connectivity index (χ0) is 15.3. The van der Waals surface area contributed by atoms with Gasteiger partial charge in [0.2, 0.25) is 0 Å². The molecule has 0 saturated carbocycles. The maximum Gasteiger partial charge on any atom is 0.118 e. The fourth-order valence-corrected chi connectivity index (χ4v) is 2.98. The van der Waals surface area contributed by atoms with E-state index in [9.17, 15) is 5.11 Å². The third-order valence-corrected chi connectivity index (χ3v) is 4.22. The number of pyridine rings is 1. The summed E-state index contributed by atoms with van der Waals surface area (Å²) in [6.45, 7) is 4.13. The number of nitrogens with zero attached hydrogens (tertiary/aromatic N) is 1. The predicted octanol–water partition coefficient (Wildman–Crippen LogP) is 3.88. The normalized spacial score (nSPS) is 15.2. The molecule has 1 N–H and O–H groups in total. The minimum absolute atomic E-state index is 0.0406. The highest BCUT2D eigenvalue weighted by atomic mass is 16.5. The molecule has 0 radical (unpaired) electrons. The summed E-state index contributed by atoms with van der Waals surface area (Å²) < 4.78 is 5.20. The lowest BCUT2D eigenvalue weighted by Gasteiger charge is -2.36. The second kappa shape index (κ2) is 6.72. The second-order valence-corrected chi connectivity index (χ2v) is 5.25. The van der Waals surface area contributed by atoms with E-state index in [4.69, 9.17) is 4.74 Å². The molecule has 0 aliphatic carbocycles. The number of methoxy groups -OCH3 is 1. The van der Waals surface area contributed by atoms with Gasteiger partial charge in [0.25, 0.3) is 0 Å². The van der Waals surface area contributed by atoms with Gasteiger partial charge in [0, 0.05) is 18.3 Å². The first-order valence-electron chi connectivity index (χ1n) is 7.42. The van der Waals surface area contributed by atoms with E-state index in [-0.39, 0.29) is 5.92 Å². The van der Waals surface area contributed by atoms with Gasteiger partial charge in [-0.3, -0.25) is 4.98 Å². The van der Waals surface area contributed by atoms with E-state index in [0.717, 1.165) is 23.3 Å². The number of hydrogen-bond donors (Lipinski definition) is 1. The van der Waals surface area contributed by atoms with E-state index in [1.165, 1.54) is 0 Å². The predicted molar refractivity (Wildman–Crippen MR) is 84.5 cm³/mol. The van der Waals surface area contributed by atoms with Crippen molar-refractivity contribution in [1.29, 1.82) is 0 Å². The molecule has 0 aliphatic rings. The van der Waals surface area contributed by atoms with Gasteiger partial charge in [-0.25, -0.2) is 0 Å². The van der Waals surface area contributed by atoms with E-state index in [2.05, 4.69) is 11.9 Å². The van der Waals surface area contributed by atoms with Crippen molar-refractivity contribution >= 4 is 0 Å². The molecular formula is C18H23NO2. The summed E-state index contributed by atoms with van der Waals surface area (Å²) in [6.07, 6.45) is 5.07. The van der Waals surface area contributed by atoms with Gasteiger partial charge in [-0.15, -0.1) is 0 Å². The fraction of sp³-hybridized carbons (Fsp3) is 0.389. The number of aliphatic hydroxyl groups is 1. The molecule has 0 aliphatic heterocycles. The van der Waals surface area contributed by atoms with E-state index < -0.39 is 5.60 Å². The Hall–Kier alpha value is -1.87. The topological polar surface area (TPSA) is 42.4 Å². The standard InChI is InChI=1S/C18H23NO2/c1-4-17(14-10-12-19-13-11-14)18(20,5-2)15-6-8-16(21-3)9-7-15/h6-13,17,20H,4-5H2,1-3H3/t17-,18-/m1/s1. The number of rotatable bonds is 6. The maximum absolute atomic E-state index is 11.3. The van der Waals surface area contributed by atoms with Crippen LogP contribution >= 0.6 is 0 Å². The molecule has 2 aromatic rings. The smallest absolute Gasteiger partial charge is 0.118 e. The monoisotopic (exact) mass is 285 g/mol. The molecule has 0 bridgehead atoms. The Morgan fingerprint density at radius 1 is 1.10 bits per heavy atom. The SMILES string of the molecule is CC[C@H](c1ccncc1)[C@@](O)(CC)c1ccc(OC)cc1. The summed E-state index contributed by atoms with van der Waals surface area (Å²) in [6, 6.07) is 11.7. The van der Waals surface area contributed by atoms with Crippen molar-refractivity contribution in [2.75, 3.05) is 7.11 Å². The molecule has 1 aromatic carbocycles. The fourth-order valence-electron chi connectivity index (χ4n) is 2.98. The zero-order valence-corrected chi connectivity index (χ0v) is 12.9. The van der Waals surface area contributed by atoms with Crippen LogP contribution in [0.1, 0.15) is 43.7 Å².